The zero-order valence-electron chi connectivity index (χ0n) is 20.4. The standard InChI is InChI=1S/C24H29Cl4N3O4S/c1-5-22(24(33)29-12-15(2)3)30(13-16-6-7-17(25)11-21(16)28)23(32)14-31(36(4,34)35)20-9-18(26)8-19(27)10-20/h6-11,15,22H,5,12-14H2,1-4H3,(H,29,33)/t22-/m0/s1. The highest BCUT2D eigenvalue weighted by molar-refractivity contribution is 7.92. The van der Waals surface area contributed by atoms with Crippen molar-refractivity contribution >= 4 is 73.9 Å². The van der Waals surface area contributed by atoms with Gasteiger partial charge in [-0.3, -0.25) is 13.9 Å². The Morgan fingerprint density at radius 1 is 0.972 bits per heavy atom. The number of anilines is 1. The molecular weight excluding hydrogens is 568 g/mol. The molecule has 2 amide bonds. The summed E-state index contributed by atoms with van der Waals surface area (Å²) in [6, 6.07) is 8.21. The van der Waals surface area contributed by atoms with Crippen molar-refractivity contribution < 1.29 is 18.0 Å². The predicted octanol–water partition coefficient (Wildman–Crippen LogP) is 5.65. The van der Waals surface area contributed by atoms with Crippen molar-refractivity contribution in [1.82, 2.24) is 10.2 Å². The smallest absolute Gasteiger partial charge is 0.244 e. The summed E-state index contributed by atoms with van der Waals surface area (Å²) in [5, 5.41) is 4.02. The second kappa shape index (κ2) is 13.2. The highest BCUT2D eigenvalue weighted by atomic mass is 35.5. The average molecular weight is 597 g/mol. The first kappa shape index (κ1) is 30.5. The van der Waals surface area contributed by atoms with Crippen molar-refractivity contribution in [2.24, 2.45) is 5.92 Å². The van der Waals surface area contributed by atoms with Crippen molar-refractivity contribution in [2.75, 3.05) is 23.7 Å². The van der Waals surface area contributed by atoms with Gasteiger partial charge in [-0.2, -0.15) is 0 Å². The SMILES string of the molecule is CC[C@@H](C(=O)NCC(C)C)N(Cc1ccc(Cl)cc1Cl)C(=O)CN(c1cc(Cl)cc(Cl)c1)S(C)(=O)=O. The lowest BCUT2D eigenvalue weighted by Gasteiger charge is -2.33. The number of hydrogen-bond acceptors (Lipinski definition) is 4. The van der Waals surface area contributed by atoms with E-state index in [0.29, 0.717) is 28.6 Å². The molecule has 7 nitrogen and oxygen atoms in total. The van der Waals surface area contributed by atoms with Crippen LogP contribution in [0.1, 0.15) is 32.8 Å². The Hall–Kier alpha value is -1.71. The summed E-state index contributed by atoms with van der Waals surface area (Å²) in [7, 11) is -3.92. The molecule has 0 spiro atoms. The molecule has 36 heavy (non-hydrogen) atoms. The van der Waals surface area contributed by atoms with Crippen molar-refractivity contribution in [3.63, 3.8) is 0 Å². The van der Waals surface area contributed by atoms with Gasteiger partial charge in [0.05, 0.1) is 11.9 Å². The Morgan fingerprint density at radius 2 is 1.58 bits per heavy atom. The van der Waals surface area contributed by atoms with E-state index in [0.717, 1.165) is 10.6 Å². The largest absolute Gasteiger partial charge is 0.354 e. The minimum atomic E-state index is -3.92. The molecule has 1 atom stereocenters. The van der Waals surface area contributed by atoms with Crippen molar-refractivity contribution in [3.05, 3.63) is 62.1 Å². The van der Waals surface area contributed by atoms with E-state index in [1.165, 1.54) is 29.2 Å². The summed E-state index contributed by atoms with van der Waals surface area (Å²) < 4.78 is 26.2. The summed E-state index contributed by atoms with van der Waals surface area (Å²) in [5.41, 5.74) is 0.686. The molecule has 1 N–H and O–H groups in total. The number of nitrogens with one attached hydrogen (secondary N) is 1. The highest BCUT2D eigenvalue weighted by Crippen LogP contribution is 2.28. The molecule has 2 rings (SSSR count). The first-order chi connectivity index (χ1) is 16.7. The first-order valence-electron chi connectivity index (χ1n) is 11.2. The number of carbonyl (C=O) groups is 2. The summed E-state index contributed by atoms with van der Waals surface area (Å²) in [6.07, 6.45) is 1.27. The maximum absolute atomic E-state index is 13.7. The molecule has 0 heterocycles. The number of benzene rings is 2. The van der Waals surface area contributed by atoms with E-state index in [9.17, 15) is 18.0 Å². The summed E-state index contributed by atoms with van der Waals surface area (Å²) in [6.45, 7) is 5.50. The fourth-order valence-electron chi connectivity index (χ4n) is 3.47. The normalized spacial score (nSPS) is 12.4. The molecule has 0 fully saturated rings. The van der Waals surface area contributed by atoms with E-state index >= 15 is 0 Å². The maximum Gasteiger partial charge on any atom is 0.244 e. The van der Waals surface area contributed by atoms with E-state index in [2.05, 4.69) is 5.32 Å². The van der Waals surface area contributed by atoms with Crippen molar-refractivity contribution in [2.45, 2.75) is 39.8 Å². The summed E-state index contributed by atoms with van der Waals surface area (Å²) in [4.78, 5) is 28.1. The number of hydrogen-bond donors (Lipinski definition) is 1. The monoisotopic (exact) mass is 595 g/mol. The topological polar surface area (TPSA) is 86.8 Å². The zero-order valence-corrected chi connectivity index (χ0v) is 24.2. The van der Waals surface area contributed by atoms with Gasteiger partial charge in [0.1, 0.15) is 12.6 Å². The van der Waals surface area contributed by atoms with Gasteiger partial charge in [0.2, 0.25) is 21.8 Å². The maximum atomic E-state index is 13.7. The Morgan fingerprint density at radius 3 is 2.08 bits per heavy atom. The van der Waals surface area contributed by atoms with Crippen LogP contribution in [0.5, 0.6) is 0 Å². The zero-order chi connectivity index (χ0) is 27.2. The Balaban J connectivity index is 2.49. The first-order valence-corrected chi connectivity index (χ1v) is 14.5. The molecule has 0 unspecified atom stereocenters. The van der Waals surface area contributed by atoms with Crippen LogP contribution in [-0.2, 0) is 26.2 Å². The van der Waals surface area contributed by atoms with E-state index in [-0.39, 0.29) is 34.1 Å². The fraction of sp³-hybridized carbons (Fsp3) is 0.417. The van der Waals surface area contributed by atoms with Gasteiger partial charge in [-0.15, -0.1) is 0 Å². The molecule has 2 aromatic rings. The quantitative estimate of drug-likeness (QED) is 0.363. The number of sulfonamides is 1. The molecule has 0 saturated carbocycles. The molecule has 0 bridgehead atoms. The van der Waals surface area contributed by atoms with Gasteiger partial charge >= 0.3 is 0 Å². The van der Waals surface area contributed by atoms with E-state index < -0.39 is 28.5 Å². The van der Waals surface area contributed by atoms with Gasteiger partial charge in [-0.1, -0.05) is 73.2 Å². The minimum absolute atomic E-state index is 0.0314. The Bertz CT molecular complexity index is 1190. The van der Waals surface area contributed by atoms with Gasteiger partial charge in [-0.25, -0.2) is 8.42 Å². The highest BCUT2D eigenvalue weighted by Gasteiger charge is 2.32. The van der Waals surface area contributed by atoms with Gasteiger partial charge < -0.3 is 10.2 Å². The van der Waals surface area contributed by atoms with Crippen molar-refractivity contribution in [3.8, 4) is 0 Å². The van der Waals surface area contributed by atoms with Crippen molar-refractivity contribution in [1.29, 1.82) is 0 Å². The van der Waals surface area contributed by atoms with Crippen LogP contribution < -0.4 is 9.62 Å². The van der Waals surface area contributed by atoms with Gasteiger partial charge in [0.15, 0.2) is 0 Å². The van der Waals surface area contributed by atoms with Gasteiger partial charge in [0, 0.05) is 33.2 Å². The van der Waals surface area contributed by atoms with Crippen LogP contribution in [0.15, 0.2) is 36.4 Å². The molecule has 12 heteroatoms. The summed E-state index contributed by atoms with van der Waals surface area (Å²) >= 11 is 24.5. The molecule has 0 aliphatic rings. The number of nitrogens with zero attached hydrogens (tertiary/aromatic N) is 2. The molecular formula is C24H29Cl4N3O4S. The van der Waals surface area contributed by atoms with E-state index in [1.807, 2.05) is 13.8 Å². The van der Waals surface area contributed by atoms with Crippen LogP contribution in [0.25, 0.3) is 0 Å². The lowest BCUT2D eigenvalue weighted by molar-refractivity contribution is -0.140. The van der Waals surface area contributed by atoms with Crippen LogP contribution in [0.2, 0.25) is 20.1 Å². The van der Waals surface area contributed by atoms with Crippen LogP contribution in [0.3, 0.4) is 0 Å². The van der Waals surface area contributed by atoms with Gasteiger partial charge in [-0.05, 0) is 48.2 Å². The molecule has 0 aliphatic heterocycles. The number of carbonyl (C=O) groups excluding carboxylic acids is 2. The second-order valence-corrected chi connectivity index (χ2v) is 12.3. The van der Waals surface area contributed by atoms with Crippen LogP contribution in [-0.4, -0.2) is 50.5 Å². The Labute approximate surface area is 232 Å². The van der Waals surface area contributed by atoms with E-state index in [4.69, 9.17) is 46.4 Å². The van der Waals surface area contributed by atoms with Crippen LogP contribution in [0, 0.1) is 5.92 Å². The van der Waals surface area contributed by atoms with Crippen LogP contribution in [0.4, 0.5) is 5.69 Å². The molecule has 198 valence electrons. The third kappa shape index (κ3) is 8.70. The Kier molecular flexibility index (Phi) is 11.2. The molecule has 0 saturated heterocycles. The number of halogens is 4. The molecule has 2 aromatic carbocycles. The molecule has 0 radical (unpaired) electrons. The number of rotatable bonds is 11. The molecule has 0 aliphatic carbocycles. The fourth-order valence-corrected chi connectivity index (χ4v) is 5.29. The summed E-state index contributed by atoms with van der Waals surface area (Å²) in [5.74, 6) is -0.745. The third-order valence-electron chi connectivity index (χ3n) is 5.24. The minimum Gasteiger partial charge on any atom is -0.354 e. The predicted molar refractivity (Wildman–Crippen MR) is 148 cm³/mol. The van der Waals surface area contributed by atoms with E-state index in [1.54, 1.807) is 19.1 Å². The average Bonchev–Trinajstić information content (AvgIpc) is 2.75. The van der Waals surface area contributed by atoms with Crippen LogP contribution >= 0.6 is 46.4 Å². The number of amides is 2. The third-order valence-corrected chi connectivity index (χ3v) is 7.40. The lowest BCUT2D eigenvalue weighted by Crippen LogP contribution is -2.52. The van der Waals surface area contributed by atoms with Gasteiger partial charge in [0.25, 0.3) is 0 Å². The lowest BCUT2D eigenvalue weighted by atomic mass is 10.1. The second-order valence-electron chi connectivity index (χ2n) is 8.72. The molecule has 0 aromatic heterocycles.